The van der Waals surface area contributed by atoms with E-state index in [4.69, 9.17) is 4.74 Å². The van der Waals surface area contributed by atoms with Crippen molar-refractivity contribution in [3.63, 3.8) is 0 Å². The topological polar surface area (TPSA) is 96.3 Å². The molecule has 0 radical (unpaired) electrons. The molecule has 0 bridgehead atoms. The molecule has 1 saturated heterocycles. The van der Waals surface area contributed by atoms with Gasteiger partial charge in [-0.25, -0.2) is 14.5 Å². The molecule has 3 unspecified atom stereocenters. The van der Waals surface area contributed by atoms with Gasteiger partial charge < -0.3 is 19.7 Å². The summed E-state index contributed by atoms with van der Waals surface area (Å²) in [6, 6.07) is 6.60. The van der Waals surface area contributed by atoms with Crippen molar-refractivity contribution in [2.75, 3.05) is 12.0 Å². The summed E-state index contributed by atoms with van der Waals surface area (Å²) in [5.74, 6) is -0.629. The summed E-state index contributed by atoms with van der Waals surface area (Å²) in [6.07, 6.45) is -3.40. The molecular formula is C13H13NO6. The summed E-state index contributed by atoms with van der Waals surface area (Å²) >= 11 is 0. The van der Waals surface area contributed by atoms with Crippen molar-refractivity contribution in [2.24, 2.45) is 0 Å². The SMILES string of the molecule is COC(=O)C1CC2(O)c3ccccc3N(C(=O)O)C2O1. The first kappa shape index (κ1) is 12.9. The highest BCUT2D eigenvalue weighted by Crippen LogP contribution is 2.51. The van der Waals surface area contributed by atoms with Gasteiger partial charge in [0, 0.05) is 12.0 Å². The number of aliphatic hydroxyl groups is 1. The van der Waals surface area contributed by atoms with E-state index in [0.29, 0.717) is 11.3 Å². The van der Waals surface area contributed by atoms with E-state index in [1.165, 1.54) is 7.11 Å². The monoisotopic (exact) mass is 279 g/mol. The number of esters is 1. The molecule has 7 nitrogen and oxygen atoms in total. The number of benzene rings is 1. The number of fused-ring (bicyclic) bond motifs is 3. The van der Waals surface area contributed by atoms with Crippen molar-refractivity contribution < 1.29 is 29.3 Å². The second kappa shape index (κ2) is 4.19. The summed E-state index contributed by atoms with van der Waals surface area (Å²) < 4.78 is 10.0. The third-order valence-corrected chi connectivity index (χ3v) is 3.73. The van der Waals surface area contributed by atoms with Gasteiger partial charge in [0.05, 0.1) is 12.8 Å². The van der Waals surface area contributed by atoms with Gasteiger partial charge in [0.2, 0.25) is 0 Å². The summed E-state index contributed by atoms with van der Waals surface area (Å²) in [5, 5.41) is 20.1. The molecule has 20 heavy (non-hydrogen) atoms. The largest absolute Gasteiger partial charge is 0.467 e. The number of carbonyl (C=O) groups is 2. The highest BCUT2D eigenvalue weighted by molar-refractivity contribution is 5.91. The van der Waals surface area contributed by atoms with E-state index < -0.39 is 30.0 Å². The number of ether oxygens (including phenoxy) is 2. The van der Waals surface area contributed by atoms with E-state index in [9.17, 15) is 19.8 Å². The van der Waals surface area contributed by atoms with Crippen LogP contribution in [-0.2, 0) is 19.9 Å². The van der Waals surface area contributed by atoms with Crippen LogP contribution in [0.2, 0.25) is 0 Å². The fraction of sp³-hybridized carbons (Fsp3) is 0.385. The maximum absolute atomic E-state index is 11.6. The van der Waals surface area contributed by atoms with Crippen molar-refractivity contribution >= 4 is 17.7 Å². The molecule has 1 fully saturated rings. The van der Waals surface area contributed by atoms with E-state index in [1.807, 2.05) is 0 Å². The van der Waals surface area contributed by atoms with Gasteiger partial charge in [-0.15, -0.1) is 0 Å². The van der Waals surface area contributed by atoms with Crippen LogP contribution in [0, 0.1) is 0 Å². The van der Waals surface area contributed by atoms with Crippen molar-refractivity contribution in [2.45, 2.75) is 24.4 Å². The molecular weight excluding hydrogens is 266 g/mol. The Hall–Kier alpha value is -2.12. The van der Waals surface area contributed by atoms with Gasteiger partial charge in [0.25, 0.3) is 0 Å². The minimum absolute atomic E-state index is 0.0366. The van der Waals surface area contributed by atoms with Crippen LogP contribution in [0.15, 0.2) is 24.3 Å². The van der Waals surface area contributed by atoms with Gasteiger partial charge in [-0.1, -0.05) is 18.2 Å². The minimum Gasteiger partial charge on any atom is -0.467 e. The number of rotatable bonds is 1. The molecule has 2 aliphatic rings. The van der Waals surface area contributed by atoms with E-state index in [0.717, 1.165) is 4.90 Å². The van der Waals surface area contributed by atoms with Gasteiger partial charge >= 0.3 is 12.1 Å². The molecule has 0 aromatic heterocycles. The van der Waals surface area contributed by atoms with Crippen LogP contribution < -0.4 is 4.90 Å². The Labute approximate surface area is 114 Å². The molecule has 2 N–H and O–H groups in total. The van der Waals surface area contributed by atoms with Crippen molar-refractivity contribution in [3.05, 3.63) is 29.8 Å². The Bertz CT molecular complexity index is 588. The van der Waals surface area contributed by atoms with Crippen molar-refractivity contribution in [3.8, 4) is 0 Å². The van der Waals surface area contributed by atoms with Gasteiger partial charge in [-0.3, -0.25) is 0 Å². The number of carboxylic acid groups (broad SMARTS) is 1. The average molecular weight is 279 g/mol. The van der Waals surface area contributed by atoms with Crippen molar-refractivity contribution in [1.82, 2.24) is 0 Å². The Morgan fingerprint density at radius 3 is 2.80 bits per heavy atom. The zero-order valence-corrected chi connectivity index (χ0v) is 10.6. The number of anilines is 1. The number of methoxy groups -OCH3 is 1. The average Bonchev–Trinajstić information content (AvgIpc) is 2.88. The van der Waals surface area contributed by atoms with Crippen LogP contribution in [0.1, 0.15) is 12.0 Å². The predicted molar refractivity (Wildman–Crippen MR) is 66.1 cm³/mol. The van der Waals surface area contributed by atoms with Crippen LogP contribution in [0.25, 0.3) is 0 Å². The number of amides is 1. The lowest BCUT2D eigenvalue weighted by Gasteiger charge is -2.24. The zero-order valence-electron chi connectivity index (χ0n) is 10.6. The molecule has 1 aromatic carbocycles. The lowest BCUT2D eigenvalue weighted by Crippen LogP contribution is -2.44. The molecule has 106 valence electrons. The van der Waals surface area contributed by atoms with Gasteiger partial charge in [0.1, 0.15) is 5.60 Å². The number of nitrogens with zero attached hydrogens (tertiary/aromatic N) is 1. The quantitative estimate of drug-likeness (QED) is 0.733. The number of hydrogen-bond acceptors (Lipinski definition) is 5. The first-order valence-corrected chi connectivity index (χ1v) is 6.06. The second-order valence-electron chi connectivity index (χ2n) is 4.80. The standard InChI is InChI=1S/C13H13NO6/c1-19-10(15)9-6-13(18)7-4-2-3-5-8(7)14(12(16)17)11(13)20-9/h2-5,9,11,18H,6H2,1H3,(H,16,17). The maximum atomic E-state index is 11.6. The molecule has 3 atom stereocenters. The summed E-state index contributed by atoms with van der Waals surface area (Å²) in [5.41, 5.74) is -0.719. The predicted octanol–water partition coefficient (Wildman–Crippen LogP) is 0.660. The van der Waals surface area contributed by atoms with Crippen LogP contribution in [0.5, 0.6) is 0 Å². The summed E-state index contributed by atoms with van der Waals surface area (Å²) in [4.78, 5) is 23.9. The smallest absolute Gasteiger partial charge is 0.414 e. The third kappa shape index (κ3) is 1.53. The van der Waals surface area contributed by atoms with E-state index >= 15 is 0 Å². The molecule has 7 heteroatoms. The number of hydrogen-bond donors (Lipinski definition) is 2. The fourth-order valence-electron chi connectivity index (χ4n) is 2.87. The Morgan fingerprint density at radius 1 is 1.45 bits per heavy atom. The summed E-state index contributed by atoms with van der Waals surface area (Å²) in [6.45, 7) is 0. The van der Waals surface area contributed by atoms with Gasteiger partial charge in [-0.05, 0) is 6.07 Å². The Balaban J connectivity index is 2.06. The molecule has 0 aliphatic carbocycles. The fourth-order valence-corrected chi connectivity index (χ4v) is 2.87. The lowest BCUT2D eigenvalue weighted by molar-refractivity contribution is -0.153. The Kier molecular flexibility index (Phi) is 2.70. The van der Waals surface area contributed by atoms with E-state index in [2.05, 4.69) is 4.74 Å². The van der Waals surface area contributed by atoms with E-state index in [1.54, 1.807) is 24.3 Å². The third-order valence-electron chi connectivity index (χ3n) is 3.73. The van der Waals surface area contributed by atoms with Crippen LogP contribution in [0.4, 0.5) is 10.5 Å². The highest BCUT2D eigenvalue weighted by Gasteiger charge is 2.60. The van der Waals surface area contributed by atoms with Crippen LogP contribution in [0.3, 0.4) is 0 Å². The second-order valence-corrected chi connectivity index (χ2v) is 4.80. The molecule has 1 amide bonds. The molecule has 2 heterocycles. The van der Waals surface area contributed by atoms with E-state index in [-0.39, 0.29) is 6.42 Å². The molecule has 0 saturated carbocycles. The summed E-state index contributed by atoms with van der Waals surface area (Å²) in [7, 11) is 1.22. The molecule has 2 aliphatic heterocycles. The molecule has 3 rings (SSSR count). The number of para-hydroxylation sites is 1. The van der Waals surface area contributed by atoms with Gasteiger partial charge in [-0.2, -0.15) is 0 Å². The minimum atomic E-state index is -1.53. The molecule has 0 spiro atoms. The maximum Gasteiger partial charge on any atom is 0.414 e. The first-order valence-electron chi connectivity index (χ1n) is 6.06. The normalized spacial score (nSPS) is 30.8. The lowest BCUT2D eigenvalue weighted by atomic mass is 9.91. The Morgan fingerprint density at radius 2 is 2.15 bits per heavy atom. The zero-order chi connectivity index (χ0) is 14.5. The number of carbonyl (C=O) groups excluding carboxylic acids is 1. The van der Waals surface area contributed by atoms with Crippen LogP contribution in [-0.4, -0.2) is 41.7 Å². The van der Waals surface area contributed by atoms with Gasteiger partial charge in [0.15, 0.2) is 12.3 Å². The molecule has 1 aromatic rings. The highest BCUT2D eigenvalue weighted by atomic mass is 16.6. The van der Waals surface area contributed by atoms with Crippen LogP contribution >= 0.6 is 0 Å². The first-order chi connectivity index (χ1) is 9.49. The van der Waals surface area contributed by atoms with Crippen molar-refractivity contribution in [1.29, 1.82) is 0 Å².